The van der Waals surface area contributed by atoms with Crippen molar-refractivity contribution in [2.75, 3.05) is 26.4 Å². The maximum Gasteiger partial charge on any atom is 0.217 e. The number of ether oxygens (including phenoxy) is 7. The maximum atomic E-state index is 12.0. The number of aliphatic hydroxyl groups is 13. The number of nitrogens with one attached hydrogen (secondary N) is 1. The van der Waals surface area contributed by atoms with Crippen LogP contribution in [0.1, 0.15) is 6.92 Å². The lowest BCUT2D eigenvalue weighted by Crippen LogP contribution is -2.68. The number of carbonyl (C=O) groups excluding carboxylic acids is 1. The van der Waals surface area contributed by atoms with Crippen LogP contribution < -0.4 is 5.32 Å². The Bertz CT molecular complexity index is 1030. The van der Waals surface area contributed by atoms with E-state index in [1.807, 2.05) is 0 Å². The van der Waals surface area contributed by atoms with Gasteiger partial charge in [-0.1, -0.05) is 0 Å². The minimum Gasteiger partial charge on any atom is -0.394 e. The fourth-order valence-electron chi connectivity index (χ4n) is 5.84. The highest BCUT2D eigenvalue weighted by Gasteiger charge is 2.54. The molecule has 4 saturated heterocycles. The first kappa shape index (κ1) is 39.5. The lowest BCUT2D eigenvalue weighted by molar-refractivity contribution is -0.374. The molecule has 0 unspecified atom stereocenters. The third-order valence-electron chi connectivity index (χ3n) is 8.59. The van der Waals surface area contributed by atoms with Crippen molar-refractivity contribution in [2.24, 2.45) is 0 Å². The Morgan fingerprint density at radius 3 is 1.69 bits per heavy atom. The fourth-order valence-corrected chi connectivity index (χ4v) is 5.84. The van der Waals surface area contributed by atoms with Crippen LogP contribution in [0.15, 0.2) is 0 Å². The molecule has 0 aromatic heterocycles. The van der Waals surface area contributed by atoms with E-state index < -0.39 is 155 Å². The molecule has 0 aliphatic carbocycles. The molecule has 0 aromatic carbocycles. The van der Waals surface area contributed by atoms with Crippen LogP contribution >= 0.6 is 0 Å². The van der Waals surface area contributed by atoms with Crippen LogP contribution in [0.25, 0.3) is 0 Å². The van der Waals surface area contributed by atoms with Gasteiger partial charge in [0.1, 0.15) is 97.6 Å². The van der Waals surface area contributed by atoms with E-state index >= 15 is 0 Å². The van der Waals surface area contributed by atoms with E-state index in [1.54, 1.807) is 0 Å². The van der Waals surface area contributed by atoms with Gasteiger partial charge in [0.15, 0.2) is 25.2 Å². The molecule has 0 bridgehead atoms. The van der Waals surface area contributed by atoms with E-state index in [0.717, 1.165) is 6.92 Å². The van der Waals surface area contributed by atoms with E-state index in [1.165, 1.54) is 0 Å². The highest BCUT2D eigenvalue weighted by Crippen LogP contribution is 2.33. The lowest BCUT2D eigenvalue weighted by Gasteiger charge is -2.48. The summed E-state index contributed by atoms with van der Waals surface area (Å²) in [4.78, 5) is 12.0. The SMILES string of the molecule is CC(=O)N[C@H]1[C@@H](O[C@H]2[C@@H](O)[C@@H](CO)O[C@@H](O[C@H]3[C@H](O)[C@@H](O)[C@H](O)O[C@@H]3CO)[C@@H]2O)O[C@H](CO[C@@H]2O[C@H](CO)[C@H](O)[C@H](O)[C@H]2O)[C@H](O)[C@@H]1O. The average molecular weight is 708 g/mol. The molecule has 4 fully saturated rings. The standard InChI is InChI=1S/C26H45NO21/c1-6(31)27-11-15(35)13(33)10(5-42-25-19(39)16(36)12(32)7(2-28)44-25)46-24(11)48-22-14(34)8(3-29)45-26(20(22)40)47-21-9(4-30)43-23(41)18(38)17(21)37/h7-26,28-30,32-41H,2-5H2,1H3,(H,27,31)/t7-,8-,9-,10-,11-,12+,13+,14+,15-,16+,17-,18-,19-,20-,21-,22+,23-,24-,25-,26+/m1/s1. The normalized spacial score (nSPS) is 50.2. The van der Waals surface area contributed by atoms with Crippen LogP contribution in [-0.4, -0.2) is 221 Å². The van der Waals surface area contributed by atoms with Gasteiger partial charge in [-0.2, -0.15) is 0 Å². The van der Waals surface area contributed by atoms with Gasteiger partial charge < -0.3 is 105 Å². The Morgan fingerprint density at radius 2 is 1.08 bits per heavy atom. The molecule has 0 spiro atoms. The molecule has 14 N–H and O–H groups in total. The van der Waals surface area contributed by atoms with Gasteiger partial charge in [0, 0.05) is 6.92 Å². The predicted octanol–water partition coefficient (Wildman–Crippen LogP) is -9.61. The Balaban J connectivity index is 1.53. The first-order chi connectivity index (χ1) is 22.6. The van der Waals surface area contributed by atoms with Crippen molar-refractivity contribution in [2.45, 2.75) is 130 Å². The molecule has 4 rings (SSSR count). The number of aliphatic hydroxyl groups excluding tert-OH is 13. The van der Waals surface area contributed by atoms with Gasteiger partial charge in [-0.3, -0.25) is 4.79 Å². The highest BCUT2D eigenvalue weighted by atomic mass is 16.8. The number of amides is 1. The number of hydrogen-bond acceptors (Lipinski definition) is 21. The summed E-state index contributed by atoms with van der Waals surface area (Å²) in [5.74, 6) is -0.732. The van der Waals surface area contributed by atoms with Gasteiger partial charge in [0.05, 0.1) is 26.4 Å². The monoisotopic (exact) mass is 707 g/mol. The molecule has 22 nitrogen and oxygen atoms in total. The van der Waals surface area contributed by atoms with E-state index in [0.29, 0.717) is 0 Å². The van der Waals surface area contributed by atoms with Crippen molar-refractivity contribution in [1.82, 2.24) is 5.32 Å². The Kier molecular flexibility index (Phi) is 13.8. The molecule has 280 valence electrons. The fraction of sp³-hybridized carbons (Fsp3) is 0.962. The summed E-state index contributed by atoms with van der Waals surface area (Å²) in [6.07, 6.45) is -33.2. The maximum absolute atomic E-state index is 12.0. The molecule has 4 heterocycles. The Morgan fingerprint density at radius 1 is 0.542 bits per heavy atom. The van der Waals surface area contributed by atoms with Gasteiger partial charge in [0.2, 0.25) is 5.91 Å². The topological polar surface area (TPSA) is 357 Å². The quantitative estimate of drug-likeness (QED) is 0.0947. The summed E-state index contributed by atoms with van der Waals surface area (Å²) in [5, 5.41) is 136. The first-order valence-electron chi connectivity index (χ1n) is 15.1. The number of carbonyl (C=O) groups is 1. The molecular formula is C26H45NO21. The molecular weight excluding hydrogens is 662 g/mol. The van der Waals surface area contributed by atoms with Crippen LogP contribution in [-0.2, 0) is 38.0 Å². The molecule has 22 heteroatoms. The van der Waals surface area contributed by atoms with Crippen LogP contribution in [0, 0.1) is 0 Å². The molecule has 0 saturated carbocycles. The Hall–Kier alpha value is -1.33. The van der Waals surface area contributed by atoms with E-state index in [2.05, 4.69) is 5.32 Å². The van der Waals surface area contributed by atoms with E-state index in [4.69, 9.17) is 33.2 Å². The summed E-state index contributed by atoms with van der Waals surface area (Å²) in [7, 11) is 0. The van der Waals surface area contributed by atoms with Crippen LogP contribution in [0.4, 0.5) is 0 Å². The molecule has 0 radical (unpaired) electrons. The molecule has 0 aromatic rings. The third kappa shape index (κ3) is 8.24. The Labute approximate surface area is 272 Å². The minimum atomic E-state index is -2.02. The predicted molar refractivity (Wildman–Crippen MR) is 145 cm³/mol. The van der Waals surface area contributed by atoms with Crippen molar-refractivity contribution in [1.29, 1.82) is 0 Å². The molecule has 4 aliphatic heterocycles. The van der Waals surface area contributed by atoms with E-state index in [-0.39, 0.29) is 0 Å². The second-order valence-corrected chi connectivity index (χ2v) is 11.9. The zero-order chi connectivity index (χ0) is 35.6. The summed E-state index contributed by atoms with van der Waals surface area (Å²) < 4.78 is 38.3. The van der Waals surface area contributed by atoms with Crippen molar-refractivity contribution in [3.63, 3.8) is 0 Å². The van der Waals surface area contributed by atoms with Crippen molar-refractivity contribution < 1.29 is 104 Å². The van der Waals surface area contributed by atoms with Crippen molar-refractivity contribution >= 4 is 5.91 Å². The molecule has 48 heavy (non-hydrogen) atoms. The van der Waals surface area contributed by atoms with Gasteiger partial charge in [0.25, 0.3) is 0 Å². The molecule has 4 aliphatic rings. The van der Waals surface area contributed by atoms with Crippen molar-refractivity contribution in [3.8, 4) is 0 Å². The van der Waals surface area contributed by atoms with Gasteiger partial charge in [-0.15, -0.1) is 0 Å². The van der Waals surface area contributed by atoms with Gasteiger partial charge >= 0.3 is 0 Å². The van der Waals surface area contributed by atoms with E-state index in [9.17, 15) is 71.2 Å². The molecule has 20 atom stereocenters. The largest absolute Gasteiger partial charge is 0.394 e. The summed E-state index contributed by atoms with van der Waals surface area (Å²) >= 11 is 0. The zero-order valence-corrected chi connectivity index (χ0v) is 25.5. The lowest BCUT2D eigenvalue weighted by atomic mass is 9.95. The summed E-state index contributed by atoms with van der Waals surface area (Å²) in [6.45, 7) is -2.12. The summed E-state index contributed by atoms with van der Waals surface area (Å²) in [5.41, 5.74) is 0. The minimum absolute atomic E-state index is 0.701. The second-order valence-electron chi connectivity index (χ2n) is 11.9. The third-order valence-corrected chi connectivity index (χ3v) is 8.59. The zero-order valence-electron chi connectivity index (χ0n) is 25.5. The highest BCUT2D eigenvalue weighted by molar-refractivity contribution is 5.73. The van der Waals surface area contributed by atoms with Crippen LogP contribution in [0.2, 0.25) is 0 Å². The number of rotatable bonds is 11. The van der Waals surface area contributed by atoms with Crippen molar-refractivity contribution in [3.05, 3.63) is 0 Å². The van der Waals surface area contributed by atoms with Crippen LogP contribution in [0.3, 0.4) is 0 Å². The average Bonchev–Trinajstić information content (AvgIpc) is 3.06. The van der Waals surface area contributed by atoms with Gasteiger partial charge in [-0.05, 0) is 0 Å². The van der Waals surface area contributed by atoms with Crippen LogP contribution in [0.5, 0.6) is 0 Å². The first-order valence-corrected chi connectivity index (χ1v) is 15.1. The van der Waals surface area contributed by atoms with Gasteiger partial charge in [-0.25, -0.2) is 0 Å². The smallest absolute Gasteiger partial charge is 0.217 e. The molecule has 1 amide bonds. The number of hydrogen-bond donors (Lipinski definition) is 14. The second kappa shape index (κ2) is 16.8. The summed E-state index contributed by atoms with van der Waals surface area (Å²) in [6, 6.07) is -1.57.